The number of amides is 1. The number of likely N-dealkylation sites (N-methyl/N-ethyl adjacent to an activating group) is 1. The molecule has 0 aliphatic heterocycles. The Bertz CT molecular complexity index is 547. The molecular formula is C16H21FN3O+. The van der Waals surface area contributed by atoms with E-state index in [1.807, 2.05) is 13.1 Å². The van der Waals surface area contributed by atoms with Crippen molar-refractivity contribution in [3.63, 3.8) is 0 Å². The molecule has 2 rings (SSSR count). The van der Waals surface area contributed by atoms with Gasteiger partial charge in [-0.25, -0.2) is 4.39 Å². The van der Waals surface area contributed by atoms with Crippen LogP contribution in [0.3, 0.4) is 0 Å². The van der Waals surface area contributed by atoms with E-state index in [9.17, 15) is 14.4 Å². The van der Waals surface area contributed by atoms with E-state index >= 15 is 0 Å². The van der Waals surface area contributed by atoms with Crippen molar-refractivity contribution in [1.82, 2.24) is 5.32 Å². The lowest BCUT2D eigenvalue weighted by Gasteiger charge is -2.23. The Balaban J connectivity index is 1.86. The van der Waals surface area contributed by atoms with Gasteiger partial charge in [0.15, 0.2) is 6.54 Å². The monoisotopic (exact) mass is 290 g/mol. The maximum Gasteiger partial charge on any atom is 0.276 e. The number of halogens is 1. The Labute approximate surface area is 124 Å². The van der Waals surface area contributed by atoms with Crippen LogP contribution in [0.25, 0.3) is 0 Å². The Hall–Kier alpha value is -1.93. The lowest BCUT2D eigenvalue weighted by atomic mass is 10.00. The highest BCUT2D eigenvalue weighted by Crippen LogP contribution is 2.28. The van der Waals surface area contributed by atoms with Crippen LogP contribution in [0.5, 0.6) is 0 Å². The zero-order chi connectivity index (χ0) is 15.3. The first-order valence-electron chi connectivity index (χ1n) is 7.31. The van der Waals surface area contributed by atoms with Gasteiger partial charge in [0.2, 0.25) is 0 Å². The SMILES string of the molecule is C[NH+](CC(=O)NC1(C#N)CCCC1)Cc1cccc(F)c1. The van der Waals surface area contributed by atoms with Crippen LogP contribution in [-0.4, -0.2) is 25.0 Å². The average Bonchev–Trinajstić information content (AvgIpc) is 2.87. The van der Waals surface area contributed by atoms with Gasteiger partial charge >= 0.3 is 0 Å². The largest absolute Gasteiger partial charge is 0.333 e. The van der Waals surface area contributed by atoms with Crippen LogP contribution in [0, 0.1) is 17.1 Å². The number of benzene rings is 1. The van der Waals surface area contributed by atoms with Crippen molar-refractivity contribution >= 4 is 5.91 Å². The summed E-state index contributed by atoms with van der Waals surface area (Å²) in [7, 11) is 1.89. The molecule has 1 amide bonds. The maximum absolute atomic E-state index is 13.1. The van der Waals surface area contributed by atoms with E-state index in [2.05, 4.69) is 11.4 Å². The Kier molecular flexibility index (Phi) is 4.92. The van der Waals surface area contributed by atoms with E-state index in [0.29, 0.717) is 6.54 Å². The number of nitrogens with one attached hydrogen (secondary N) is 2. The van der Waals surface area contributed by atoms with E-state index in [1.54, 1.807) is 6.07 Å². The highest BCUT2D eigenvalue weighted by Gasteiger charge is 2.35. The van der Waals surface area contributed by atoms with Crippen molar-refractivity contribution in [1.29, 1.82) is 5.26 Å². The molecule has 1 aromatic carbocycles. The molecule has 4 nitrogen and oxygen atoms in total. The number of carbonyl (C=O) groups is 1. The molecule has 21 heavy (non-hydrogen) atoms. The predicted octanol–water partition coefficient (Wildman–Crippen LogP) is 0.793. The molecule has 0 spiro atoms. The average molecular weight is 290 g/mol. The molecule has 0 bridgehead atoms. The van der Waals surface area contributed by atoms with Gasteiger partial charge in [-0.15, -0.1) is 0 Å². The first-order chi connectivity index (χ1) is 10.0. The van der Waals surface area contributed by atoms with Crippen molar-refractivity contribution in [2.75, 3.05) is 13.6 Å². The molecule has 0 saturated heterocycles. The van der Waals surface area contributed by atoms with Crippen LogP contribution >= 0.6 is 0 Å². The second-order valence-corrected chi connectivity index (χ2v) is 5.89. The van der Waals surface area contributed by atoms with E-state index in [0.717, 1.165) is 36.1 Å². The zero-order valence-electron chi connectivity index (χ0n) is 12.3. The maximum atomic E-state index is 13.1. The third kappa shape index (κ3) is 4.27. The van der Waals surface area contributed by atoms with Crippen LogP contribution in [-0.2, 0) is 11.3 Å². The van der Waals surface area contributed by atoms with E-state index in [-0.39, 0.29) is 18.3 Å². The number of nitriles is 1. The summed E-state index contributed by atoms with van der Waals surface area (Å²) in [5.41, 5.74) is 0.187. The summed E-state index contributed by atoms with van der Waals surface area (Å²) in [5, 5.41) is 12.1. The summed E-state index contributed by atoms with van der Waals surface area (Å²) in [4.78, 5) is 13.0. The fraction of sp³-hybridized carbons (Fsp3) is 0.500. The van der Waals surface area contributed by atoms with Gasteiger partial charge in [0.05, 0.1) is 13.1 Å². The van der Waals surface area contributed by atoms with Gasteiger partial charge in [0.25, 0.3) is 5.91 Å². The molecule has 1 aromatic rings. The van der Waals surface area contributed by atoms with Crippen molar-refractivity contribution in [2.24, 2.45) is 0 Å². The Morgan fingerprint density at radius 3 is 2.81 bits per heavy atom. The molecule has 1 aliphatic carbocycles. The molecular weight excluding hydrogens is 269 g/mol. The van der Waals surface area contributed by atoms with Crippen LogP contribution < -0.4 is 10.2 Å². The molecule has 1 atom stereocenters. The van der Waals surface area contributed by atoms with Crippen molar-refractivity contribution in [3.05, 3.63) is 35.6 Å². The summed E-state index contributed by atoms with van der Waals surface area (Å²) < 4.78 is 13.1. The van der Waals surface area contributed by atoms with Gasteiger partial charge in [-0.2, -0.15) is 5.26 Å². The summed E-state index contributed by atoms with van der Waals surface area (Å²) >= 11 is 0. The fourth-order valence-corrected chi connectivity index (χ4v) is 2.89. The first-order valence-corrected chi connectivity index (χ1v) is 7.31. The Morgan fingerprint density at radius 1 is 1.48 bits per heavy atom. The van der Waals surface area contributed by atoms with E-state index < -0.39 is 5.54 Å². The van der Waals surface area contributed by atoms with Crippen LogP contribution in [0.4, 0.5) is 4.39 Å². The van der Waals surface area contributed by atoms with Crippen LogP contribution in [0.1, 0.15) is 31.2 Å². The fourth-order valence-electron chi connectivity index (χ4n) is 2.89. The first kappa shape index (κ1) is 15.5. The van der Waals surface area contributed by atoms with Gasteiger partial charge in [0.1, 0.15) is 17.9 Å². The highest BCUT2D eigenvalue weighted by atomic mass is 19.1. The third-order valence-corrected chi connectivity index (χ3v) is 3.91. The lowest BCUT2D eigenvalue weighted by Crippen LogP contribution is -3.09. The molecule has 0 heterocycles. The number of carbonyl (C=O) groups excluding carboxylic acids is 1. The number of hydrogen-bond acceptors (Lipinski definition) is 2. The zero-order valence-corrected chi connectivity index (χ0v) is 12.3. The lowest BCUT2D eigenvalue weighted by molar-refractivity contribution is -0.885. The topological polar surface area (TPSA) is 57.3 Å². The Morgan fingerprint density at radius 2 is 2.19 bits per heavy atom. The number of quaternary nitrogens is 1. The minimum absolute atomic E-state index is 0.118. The molecule has 0 radical (unpaired) electrons. The van der Waals surface area contributed by atoms with Crippen molar-refractivity contribution in [2.45, 2.75) is 37.8 Å². The quantitative estimate of drug-likeness (QED) is 0.842. The standard InChI is InChI=1S/C16H20FN3O/c1-20(10-13-5-4-6-14(17)9-13)11-15(21)19-16(12-18)7-2-3-8-16/h4-6,9H,2-3,7-8,10-11H2,1H3,(H,19,21)/p+1. The molecule has 0 aromatic heterocycles. The molecule has 1 saturated carbocycles. The molecule has 1 unspecified atom stereocenters. The minimum Gasteiger partial charge on any atom is -0.333 e. The van der Waals surface area contributed by atoms with E-state index in [4.69, 9.17) is 0 Å². The highest BCUT2D eigenvalue weighted by molar-refractivity contribution is 5.78. The van der Waals surface area contributed by atoms with Crippen molar-refractivity contribution < 1.29 is 14.1 Å². The smallest absolute Gasteiger partial charge is 0.276 e. The number of nitrogens with zero attached hydrogens (tertiary/aromatic N) is 1. The molecule has 112 valence electrons. The predicted molar refractivity (Wildman–Crippen MR) is 76.8 cm³/mol. The van der Waals surface area contributed by atoms with E-state index in [1.165, 1.54) is 12.1 Å². The van der Waals surface area contributed by atoms with Gasteiger partial charge in [0, 0.05) is 5.56 Å². The molecule has 1 fully saturated rings. The number of rotatable bonds is 5. The summed E-state index contributed by atoms with van der Waals surface area (Å²) in [5.74, 6) is -0.383. The van der Waals surface area contributed by atoms with Crippen LogP contribution in [0.15, 0.2) is 24.3 Å². The third-order valence-electron chi connectivity index (χ3n) is 3.91. The molecule has 2 N–H and O–H groups in total. The van der Waals surface area contributed by atoms with Gasteiger partial charge in [-0.1, -0.05) is 12.1 Å². The normalized spacial score (nSPS) is 18.0. The summed E-state index contributed by atoms with van der Waals surface area (Å²) in [6.07, 6.45) is 3.44. The second-order valence-electron chi connectivity index (χ2n) is 5.89. The summed E-state index contributed by atoms with van der Waals surface area (Å²) in [6, 6.07) is 8.65. The number of hydrogen-bond donors (Lipinski definition) is 2. The molecule has 1 aliphatic rings. The summed E-state index contributed by atoms with van der Waals surface area (Å²) in [6.45, 7) is 0.852. The van der Waals surface area contributed by atoms with Gasteiger partial charge < -0.3 is 10.2 Å². The van der Waals surface area contributed by atoms with Crippen molar-refractivity contribution in [3.8, 4) is 6.07 Å². The van der Waals surface area contributed by atoms with Gasteiger partial charge in [-0.05, 0) is 37.8 Å². The second kappa shape index (κ2) is 6.68. The van der Waals surface area contributed by atoms with Gasteiger partial charge in [-0.3, -0.25) is 4.79 Å². The molecule has 5 heteroatoms. The van der Waals surface area contributed by atoms with Crippen LogP contribution in [0.2, 0.25) is 0 Å². The minimum atomic E-state index is -0.670.